The van der Waals surface area contributed by atoms with E-state index in [0.717, 1.165) is 5.92 Å². The number of piperidine rings is 1. The minimum absolute atomic E-state index is 0.510. The Morgan fingerprint density at radius 1 is 1.44 bits per heavy atom. The van der Waals surface area contributed by atoms with E-state index in [1.165, 1.54) is 32.5 Å². The van der Waals surface area contributed by atoms with Crippen molar-refractivity contribution in [3.05, 3.63) is 11.7 Å². The highest BCUT2D eigenvalue weighted by Crippen LogP contribution is 2.20. The van der Waals surface area contributed by atoms with Gasteiger partial charge in [-0.25, -0.2) is 0 Å². The summed E-state index contributed by atoms with van der Waals surface area (Å²) in [6, 6.07) is 0.510. The fourth-order valence-electron chi connectivity index (χ4n) is 2.60. The van der Waals surface area contributed by atoms with Gasteiger partial charge in [0, 0.05) is 6.04 Å². The van der Waals surface area contributed by atoms with E-state index in [9.17, 15) is 0 Å². The van der Waals surface area contributed by atoms with Gasteiger partial charge in [0.2, 0.25) is 5.89 Å². The Morgan fingerprint density at radius 2 is 2.17 bits per heavy atom. The number of likely N-dealkylation sites (tertiary alicyclic amines) is 1. The molecule has 0 bridgehead atoms. The first kappa shape index (κ1) is 13.5. The molecular formula is C13H24N4O. The first-order chi connectivity index (χ1) is 8.69. The molecule has 1 unspecified atom stereocenters. The highest BCUT2D eigenvalue weighted by molar-refractivity contribution is 4.85. The van der Waals surface area contributed by atoms with Crippen molar-refractivity contribution in [3.8, 4) is 0 Å². The van der Waals surface area contributed by atoms with Crippen molar-refractivity contribution in [1.29, 1.82) is 0 Å². The molecule has 1 atom stereocenters. The molecule has 102 valence electrons. The van der Waals surface area contributed by atoms with Crippen LogP contribution in [0.3, 0.4) is 0 Å². The topological polar surface area (TPSA) is 54.2 Å². The molecule has 5 heteroatoms. The number of hydrogen-bond acceptors (Lipinski definition) is 5. The third-order valence-corrected chi connectivity index (χ3v) is 3.93. The lowest BCUT2D eigenvalue weighted by Gasteiger charge is -2.34. The van der Waals surface area contributed by atoms with Crippen LogP contribution in [0.25, 0.3) is 0 Å². The average Bonchev–Trinajstić information content (AvgIpc) is 2.82. The molecule has 1 N–H and O–H groups in total. The van der Waals surface area contributed by atoms with Crippen LogP contribution in [0, 0.1) is 12.8 Å². The molecule has 0 saturated carbocycles. The standard InChI is InChI=1S/C13H24N4O/c1-4-17-7-5-12(6-8-17)10(2)14-9-13-15-11(3)16-18-13/h10,12,14H,4-9H2,1-3H3. The Bertz CT molecular complexity index is 358. The molecule has 1 aromatic rings. The second-order valence-electron chi connectivity index (χ2n) is 5.18. The van der Waals surface area contributed by atoms with Crippen LogP contribution in [0.2, 0.25) is 0 Å². The van der Waals surface area contributed by atoms with Crippen LogP contribution in [-0.2, 0) is 6.54 Å². The van der Waals surface area contributed by atoms with E-state index in [0.29, 0.717) is 24.3 Å². The van der Waals surface area contributed by atoms with E-state index < -0.39 is 0 Å². The van der Waals surface area contributed by atoms with Gasteiger partial charge < -0.3 is 14.7 Å². The van der Waals surface area contributed by atoms with Crippen LogP contribution in [0.4, 0.5) is 0 Å². The first-order valence-corrected chi connectivity index (χ1v) is 6.94. The second-order valence-corrected chi connectivity index (χ2v) is 5.18. The van der Waals surface area contributed by atoms with Crippen molar-refractivity contribution in [3.63, 3.8) is 0 Å². The molecular weight excluding hydrogens is 228 g/mol. The SMILES string of the molecule is CCN1CCC(C(C)NCc2nc(C)no2)CC1. The van der Waals surface area contributed by atoms with E-state index in [1.807, 2.05) is 6.92 Å². The van der Waals surface area contributed by atoms with Crippen molar-refractivity contribution < 1.29 is 4.52 Å². The fourth-order valence-corrected chi connectivity index (χ4v) is 2.60. The Morgan fingerprint density at radius 3 is 2.72 bits per heavy atom. The van der Waals surface area contributed by atoms with Crippen LogP contribution in [0.1, 0.15) is 38.4 Å². The third-order valence-electron chi connectivity index (χ3n) is 3.93. The number of aryl methyl sites for hydroxylation is 1. The number of hydrogen-bond donors (Lipinski definition) is 1. The lowest BCUT2D eigenvalue weighted by atomic mass is 9.90. The zero-order chi connectivity index (χ0) is 13.0. The molecule has 1 aliphatic heterocycles. The first-order valence-electron chi connectivity index (χ1n) is 6.94. The predicted octanol–water partition coefficient (Wildman–Crippen LogP) is 1.59. The van der Waals surface area contributed by atoms with Gasteiger partial charge in [0.15, 0.2) is 5.82 Å². The van der Waals surface area contributed by atoms with E-state index >= 15 is 0 Å². The maximum Gasteiger partial charge on any atom is 0.240 e. The molecule has 0 aliphatic carbocycles. The van der Waals surface area contributed by atoms with E-state index in [4.69, 9.17) is 4.52 Å². The van der Waals surface area contributed by atoms with E-state index in [-0.39, 0.29) is 0 Å². The minimum Gasteiger partial charge on any atom is -0.338 e. The van der Waals surface area contributed by atoms with Crippen LogP contribution in [0.15, 0.2) is 4.52 Å². The average molecular weight is 252 g/mol. The van der Waals surface area contributed by atoms with Gasteiger partial charge >= 0.3 is 0 Å². The molecule has 1 saturated heterocycles. The molecule has 5 nitrogen and oxygen atoms in total. The molecule has 2 rings (SSSR count). The van der Waals surface area contributed by atoms with Gasteiger partial charge in [-0.15, -0.1) is 0 Å². The Labute approximate surface area is 109 Å². The van der Waals surface area contributed by atoms with Crippen molar-refractivity contribution in [2.45, 2.75) is 46.2 Å². The summed E-state index contributed by atoms with van der Waals surface area (Å²) in [6.07, 6.45) is 2.57. The van der Waals surface area contributed by atoms with Gasteiger partial charge in [0.1, 0.15) is 0 Å². The molecule has 0 radical (unpaired) electrons. The van der Waals surface area contributed by atoms with Crippen molar-refractivity contribution in [2.24, 2.45) is 5.92 Å². The van der Waals surface area contributed by atoms with Gasteiger partial charge in [-0.3, -0.25) is 0 Å². The molecule has 1 aromatic heterocycles. The summed E-state index contributed by atoms with van der Waals surface area (Å²) in [6.45, 7) is 10.7. The van der Waals surface area contributed by atoms with E-state index in [2.05, 4.69) is 34.2 Å². The Kier molecular flexibility index (Phi) is 4.72. The van der Waals surface area contributed by atoms with Gasteiger partial charge in [-0.1, -0.05) is 12.1 Å². The molecule has 18 heavy (non-hydrogen) atoms. The quantitative estimate of drug-likeness (QED) is 0.862. The molecule has 0 aromatic carbocycles. The van der Waals surface area contributed by atoms with E-state index in [1.54, 1.807) is 0 Å². The fraction of sp³-hybridized carbons (Fsp3) is 0.846. The maximum atomic E-state index is 5.10. The number of rotatable bonds is 5. The largest absolute Gasteiger partial charge is 0.338 e. The third kappa shape index (κ3) is 3.53. The number of nitrogens with one attached hydrogen (secondary N) is 1. The van der Waals surface area contributed by atoms with Crippen molar-refractivity contribution >= 4 is 0 Å². The highest BCUT2D eigenvalue weighted by atomic mass is 16.5. The number of aromatic nitrogens is 2. The minimum atomic E-state index is 0.510. The zero-order valence-electron chi connectivity index (χ0n) is 11.6. The normalized spacial score (nSPS) is 20.2. The monoisotopic (exact) mass is 252 g/mol. The Hall–Kier alpha value is -0.940. The summed E-state index contributed by atoms with van der Waals surface area (Å²) in [5.74, 6) is 2.15. The highest BCUT2D eigenvalue weighted by Gasteiger charge is 2.23. The van der Waals surface area contributed by atoms with Crippen molar-refractivity contribution in [1.82, 2.24) is 20.4 Å². The summed E-state index contributed by atoms with van der Waals surface area (Å²) in [5, 5.41) is 7.30. The van der Waals surface area contributed by atoms with Crippen LogP contribution >= 0.6 is 0 Å². The smallest absolute Gasteiger partial charge is 0.240 e. The predicted molar refractivity (Wildman–Crippen MR) is 70.2 cm³/mol. The van der Waals surface area contributed by atoms with Crippen LogP contribution in [0.5, 0.6) is 0 Å². The Balaban J connectivity index is 1.73. The lowest BCUT2D eigenvalue weighted by molar-refractivity contribution is 0.167. The van der Waals surface area contributed by atoms with Gasteiger partial charge in [0.05, 0.1) is 6.54 Å². The summed E-state index contributed by atoms with van der Waals surface area (Å²) >= 11 is 0. The summed E-state index contributed by atoms with van der Waals surface area (Å²) in [5.41, 5.74) is 0. The summed E-state index contributed by atoms with van der Waals surface area (Å²) < 4.78 is 5.10. The molecule has 2 heterocycles. The second kappa shape index (κ2) is 6.29. The van der Waals surface area contributed by atoms with Crippen LogP contribution < -0.4 is 5.32 Å². The maximum absolute atomic E-state index is 5.10. The summed E-state index contributed by atoms with van der Waals surface area (Å²) in [4.78, 5) is 6.72. The lowest BCUT2D eigenvalue weighted by Crippen LogP contribution is -2.41. The molecule has 0 amide bonds. The van der Waals surface area contributed by atoms with Gasteiger partial charge in [-0.2, -0.15) is 4.98 Å². The van der Waals surface area contributed by atoms with Crippen LogP contribution in [-0.4, -0.2) is 40.7 Å². The molecule has 1 aliphatic rings. The van der Waals surface area contributed by atoms with Crippen molar-refractivity contribution in [2.75, 3.05) is 19.6 Å². The van der Waals surface area contributed by atoms with Gasteiger partial charge in [0.25, 0.3) is 0 Å². The summed E-state index contributed by atoms with van der Waals surface area (Å²) in [7, 11) is 0. The number of nitrogens with zero attached hydrogens (tertiary/aromatic N) is 3. The molecule has 0 spiro atoms. The zero-order valence-corrected chi connectivity index (χ0v) is 11.6. The van der Waals surface area contributed by atoms with Gasteiger partial charge in [-0.05, 0) is 52.2 Å². The molecule has 1 fully saturated rings.